The monoisotopic (exact) mass is 746 g/mol. The number of aliphatic hydroxyl groups is 3. The Balaban J connectivity index is 1.99. The molecule has 2 heterocycles. The predicted molar refractivity (Wildman–Crippen MR) is 187 cm³/mol. The molecule has 17 nitrogen and oxygen atoms in total. The Kier molecular flexibility index (Phi) is 14.2. The van der Waals surface area contributed by atoms with Gasteiger partial charge in [0.15, 0.2) is 12.6 Å². The lowest BCUT2D eigenvalue weighted by Gasteiger charge is -2.50. The summed E-state index contributed by atoms with van der Waals surface area (Å²) in [5.41, 5.74) is -4.32. The number of allylic oxidation sites excluding steroid dienone is 1. The number of hydrogen-bond donors (Lipinski definition) is 6. The van der Waals surface area contributed by atoms with Crippen molar-refractivity contribution in [3.05, 3.63) is 11.8 Å². The molecule has 10 atom stereocenters. The van der Waals surface area contributed by atoms with Gasteiger partial charge in [0.25, 0.3) is 0 Å². The first kappa shape index (κ1) is 43.5. The first-order valence-corrected chi connectivity index (χ1v) is 17.8. The van der Waals surface area contributed by atoms with Crippen LogP contribution in [-0.4, -0.2) is 143 Å². The average molecular weight is 747 g/mol. The quantitative estimate of drug-likeness (QED) is 0.187. The number of aliphatic hydroxyl groups excluding tert-OH is 2. The minimum atomic E-state index is -1.74. The molecule has 3 amide bonds. The van der Waals surface area contributed by atoms with Crippen LogP contribution in [-0.2, 0) is 33.2 Å². The zero-order valence-electron chi connectivity index (χ0n) is 32.7. The highest BCUT2D eigenvalue weighted by Crippen LogP contribution is 2.34. The Morgan fingerprint density at radius 1 is 0.885 bits per heavy atom. The minimum absolute atomic E-state index is 0.0570. The third kappa shape index (κ3) is 12.6. The fourth-order valence-electron chi connectivity index (χ4n) is 6.29. The van der Waals surface area contributed by atoms with Crippen LogP contribution in [0.2, 0.25) is 0 Å². The lowest BCUT2D eigenvalue weighted by Crippen LogP contribution is -2.70. The zero-order chi connectivity index (χ0) is 39.4. The molecule has 6 N–H and O–H groups in total. The van der Waals surface area contributed by atoms with Crippen molar-refractivity contribution in [3.8, 4) is 0 Å². The Bertz CT molecular complexity index is 1260. The SMILES string of the molecule is CNCC1=CCC[C@@H](O[C@H]2[C@H](O)[C@@H](O[C@H]3OC[C@](C)(O)[C@H](N(C)C(=O)OC(C)(C)C)[C@H]3O)[C@H](NC(=O)OC(C)(C)C)C[C@@H]2NC(=O)OC(C)(C)C)O1. The lowest BCUT2D eigenvalue weighted by molar-refractivity contribution is -0.310. The second kappa shape index (κ2) is 17.0. The molecular formula is C35H62N4O13. The van der Waals surface area contributed by atoms with Crippen LogP contribution in [0.1, 0.15) is 88.5 Å². The molecule has 0 aromatic rings. The van der Waals surface area contributed by atoms with Crippen LogP contribution in [0.4, 0.5) is 14.4 Å². The Morgan fingerprint density at radius 3 is 1.90 bits per heavy atom. The number of carbonyl (C=O) groups excluding carboxylic acids is 3. The van der Waals surface area contributed by atoms with Crippen molar-refractivity contribution in [3.63, 3.8) is 0 Å². The van der Waals surface area contributed by atoms with Gasteiger partial charge in [-0.25, -0.2) is 14.4 Å². The van der Waals surface area contributed by atoms with E-state index in [1.54, 1.807) is 69.4 Å². The van der Waals surface area contributed by atoms with Gasteiger partial charge in [-0.3, -0.25) is 0 Å². The number of rotatable bonds is 9. The largest absolute Gasteiger partial charge is 0.468 e. The highest BCUT2D eigenvalue weighted by molar-refractivity contribution is 5.69. The van der Waals surface area contributed by atoms with Crippen LogP contribution in [0.3, 0.4) is 0 Å². The molecular weight excluding hydrogens is 684 g/mol. The van der Waals surface area contributed by atoms with Crippen LogP contribution in [0.15, 0.2) is 11.8 Å². The highest BCUT2D eigenvalue weighted by atomic mass is 16.7. The summed E-state index contributed by atoms with van der Waals surface area (Å²) in [5, 5.41) is 43.5. The molecule has 2 fully saturated rings. The molecule has 300 valence electrons. The number of nitrogens with one attached hydrogen (secondary N) is 3. The van der Waals surface area contributed by atoms with Gasteiger partial charge in [0.05, 0.1) is 31.3 Å². The molecule has 17 heteroatoms. The van der Waals surface area contributed by atoms with E-state index in [4.69, 9.17) is 33.2 Å². The predicted octanol–water partition coefficient (Wildman–Crippen LogP) is 2.25. The van der Waals surface area contributed by atoms with Crippen molar-refractivity contribution >= 4 is 18.3 Å². The van der Waals surface area contributed by atoms with Gasteiger partial charge in [0.2, 0.25) is 0 Å². The first-order valence-electron chi connectivity index (χ1n) is 17.8. The van der Waals surface area contributed by atoms with Crippen molar-refractivity contribution in [2.45, 2.75) is 166 Å². The summed E-state index contributed by atoms with van der Waals surface area (Å²) in [5.74, 6) is 0.642. The highest BCUT2D eigenvalue weighted by Gasteiger charge is 2.54. The van der Waals surface area contributed by atoms with Gasteiger partial charge in [-0.2, -0.15) is 0 Å². The fourth-order valence-corrected chi connectivity index (χ4v) is 6.29. The molecule has 1 saturated heterocycles. The molecule has 3 rings (SSSR count). The van der Waals surface area contributed by atoms with E-state index < -0.39 is 95.8 Å². The summed E-state index contributed by atoms with van der Waals surface area (Å²) in [6.45, 7) is 16.7. The normalized spacial score (nSPS) is 32.8. The van der Waals surface area contributed by atoms with E-state index >= 15 is 0 Å². The van der Waals surface area contributed by atoms with E-state index in [0.29, 0.717) is 25.1 Å². The molecule has 1 aliphatic carbocycles. The third-order valence-corrected chi connectivity index (χ3v) is 8.26. The smallest absolute Gasteiger partial charge is 0.410 e. The van der Waals surface area contributed by atoms with E-state index in [1.807, 2.05) is 6.08 Å². The fraction of sp³-hybridized carbons (Fsp3) is 0.857. The molecule has 0 aromatic carbocycles. The van der Waals surface area contributed by atoms with E-state index in [2.05, 4.69) is 16.0 Å². The number of carbonyl (C=O) groups is 3. The summed E-state index contributed by atoms with van der Waals surface area (Å²) in [6, 6.07) is -3.28. The van der Waals surface area contributed by atoms with Crippen LogP contribution in [0, 0.1) is 0 Å². The first-order chi connectivity index (χ1) is 23.8. The number of hydrogen-bond acceptors (Lipinski definition) is 14. The summed E-state index contributed by atoms with van der Waals surface area (Å²) >= 11 is 0. The summed E-state index contributed by atoms with van der Waals surface area (Å²) < 4.78 is 41.0. The van der Waals surface area contributed by atoms with Gasteiger partial charge in [-0.1, -0.05) is 0 Å². The van der Waals surface area contributed by atoms with E-state index in [0.717, 1.165) is 4.90 Å². The number of nitrogens with zero attached hydrogens (tertiary/aromatic N) is 1. The number of likely N-dealkylation sites (N-methyl/N-ethyl adjacent to an activating group) is 2. The standard InChI is InChI=1S/C35H62N4O13/c1-32(2,3)50-29(42)37-20-16-21(38-30(43)51-33(4,5)6)26(23(40)25(20)48-22-15-13-14-19(47-22)17-36-11)49-28-24(41)27(35(10,45)18-46-28)39(12)31(44)52-34(7,8)9/h14,20-28,36,40-41,45H,13,15-18H2,1-12H3,(H,37,42)(H,38,43)/t20-,21+,22+,23-,24+,25+,26-,27+,28+,35-/m0/s1. The van der Waals surface area contributed by atoms with Gasteiger partial charge in [-0.15, -0.1) is 0 Å². The molecule has 52 heavy (non-hydrogen) atoms. The van der Waals surface area contributed by atoms with E-state index in [9.17, 15) is 29.7 Å². The van der Waals surface area contributed by atoms with Crippen LogP contribution in [0.5, 0.6) is 0 Å². The molecule has 0 spiro atoms. The van der Waals surface area contributed by atoms with E-state index in [1.165, 1.54) is 14.0 Å². The second-order valence-electron chi connectivity index (χ2n) is 16.8. The Morgan fingerprint density at radius 2 is 1.40 bits per heavy atom. The van der Waals surface area contributed by atoms with Gasteiger partial charge in [0.1, 0.15) is 52.6 Å². The zero-order valence-corrected chi connectivity index (χ0v) is 32.7. The van der Waals surface area contributed by atoms with Crippen LogP contribution in [0.25, 0.3) is 0 Å². The summed E-state index contributed by atoms with van der Waals surface area (Å²) in [7, 11) is 3.15. The Labute approximate surface area is 307 Å². The van der Waals surface area contributed by atoms with Crippen molar-refractivity contribution < 1.29 is 62.9 Å². The van der Waals surface area contributed by atoms with Crippen molar-refractivity contribution in [1.29, 1.82) is 0 Å². The maximum absolute atomic E-state index is 13.1. The van der Waals surface area contributed by atoms with Crippen molar-refractivity contribution in [1.82, 2.24) is 20.9 Å². The molecule has 0 aromatic heterocycles. The number of alkyl carbamates (subject to hydrolysis) is 2. The number of amides is 3. The maximum atomic E-state index is 13.1. The lowest BCUT2D eigenvalue weighted by atomic mass is 9.83. The molecule has 2 aliphatic heterocycles. The average Bonchev–Trinajstić information content (AvgIpc) is 2.95. The van der Waals surface area contributed by atoms with E-state index in [-0.39, 0.29) is 13.0 Å². The second-order valence-corrected chi connectivity index (χ2v) is 16.8. The van der Waals surface area contributed by atoms with Crippen LogP contribution >= 0.6 is 0 Å². The molecule has 0 radical (unpaired) electrons. The van der Waals surface area contributed by atoms with Crippen molar-refractivity contribution in [2.75, 3.05) is 27.2 Å². The summed E-state index contributed by atoms with van der Waals surface area (Å²) in [6.07, 6.45) is -7.59. The maximum Gasteiger partial charge on any atom is 0.410 e. The third-order valence-electron chi connectivity index (χ3n) is 8.26. The van der Waals surface area contributed by atoms with Crippen molar-refractivity contribution in [2.24, 2.45) is 0 Å². The number of ether oxygens (including phenoxy) is 7. The molecule has 0 bridgehead atoms. The molecule has 0 unspecified atom stereocenters. The Hall–Kier alpha value is -2.93. The summed E-state index contributed by atoms with van der Waals surface area (Å²) in [4.78, 5) is 40.4. The molecule has 1 saturated carbocycles. The van der Waals surface area contributed by atoms with Gasteiger partial charge < -0.3 is 69.3 Å². The van der Waals surface area contributed by atoms with Gasteiger partial charge in [0, 0.05) is 13.5 Å². The topological polar surface area (TPSA) is 216 Å². The minimum Gasteiger partial charge on any atom is -0.468 e. The molecule has 3 aliphatic rings. The van der Waals surface area contributed by atoms with Gasteiger partial charge in [-0.05, 0) is 95.2 Å². The van der Waals surface area contributed by atoms with Gasteiger partial charge >= 0.3 is 18.3 Å². The van der Waals surface area contributed by atoms with Crippen LogP contribution < -0.4 is 16.0 Å².